The first-order chi connectivity index (χ1) is 7.16. The van der Waals surface area contributed by atoms with Crippen molar-refractivity contribution in [3.05, 3.63) is 12.8 Å². The Labute approximate surface area is 87.3 Å². The third kappa shape index (κ3) is 3.66. The molecule has 0 spiro atoms. The number of aliphatic hydroxyl groups excluding tert-OH is 1. The van der Waals surface area contributed by atoms with Gasteiger partial charge in [-0.2, -0.15) is 43.9 Å². The molecular formula is C6H4F10O. The van der Waals surface area contributed by atoms with Crippen molar-refractivity contribution in [1.29, 1.82) is 0 Å². The van der Waals surface area contributed by atoms with Gasteiger partial charge in [-0.05, 0) is 0 Å². The van der Waals surface area contributed by atoms with Crippen LogP contribution in [-0.4, -0.2) is 29.3 Å². The van der Waals surface area contributed by atoms with Crippen molar-refractivity contribution in [2.24, 2.45) is 0 Å². The van der Waals surface area contributed by atoms with Crippen molar-refractivity contribution >= 4 is 0 Å². The second-order valence-corrected chi connectivity index (χ2v) is 2.33. The lowest BCUT2D eigenvalue weighted by Crippen LogP contribution is -2.59. The van der Waals surface area contributed by atoms with Gasteiger partial charge in [-0.15, -0.1) is 0 Å². The summed E-state index contributed by atoms with van der Waals surface area (Å²) >= 11 is 0. The van der Waals surface area contributed by atoms with E-state index in [0.29, 0.717) is 0 Å². The van der Waals surface area contributed by atoms with Gasteiger partial charge >= 0.3 is 24.2 Å². The molecule has 0 saturated carbocycles. The zero-order chi connectivity index (χ0) is 14.7. The van der Waals surface area contributed by atoms with Crippen LogP contribution in [0, 0.1) is 0 Å². The van der Waals surface area contributed by atoms with Crippen LogP contribution in [0.3, 0.4) is 0 Å². The van der Waals surface area contributed by atoms with Crippen molar-refractivity contribution in [2.45, 2.75) is 24.2 Å². The Morgan fingerprint density at radius 1 is 0.647 bits per heavy atom. The minimum absolute atomic E-state index is 0.750. The molecule has 0 aliphatic heterocycles. The van der Waals surface area contributed by atoms with Gasteiger partial charge in [0.05, 0.1) is 6.26 Å². The Bertz CT molecular complexity index is 225. The van der Waals surface area contributed by atoms with Gasteiger partial charge in [-0.3, -0.25) is 0 Å². The van der Waals surface area contributed by atoms with Gasteiger partial charge in [0.1, 0.15) is 0 Å². The summed E-state index contributed by atoms with van der Waals surface area (Å²) in [6, 6.07) is 0. The van der Waals surface area contributed by atoms with Gasteiger partial charge in [0.15, 0.2) is 0 Å². The van der Waals surface area contributed by atoms with Crippen LogP contribution in [-0.2, 0) is 0 Å². The second kappa shape index (κ2) is 5.00. The van der Waals surface area contributed by atoms with E-state index in [4.69, 9.17) is 5.11 Å². The van der Waals surface area contributed by atoms with Crippen LogP contribution in [0.5, 0.6) is 0 Å². The van der Waals surface area contributed by atoms with E-state index in [1.807, 2.05) is 0 Å². The first-order valence-corrected chi connectivity index (χ1v) is 3.31. The number of alkyl halides is 10. The summed E-state index contributed by atoms with van der Waals surface area (Å²) in [7, 11) is 0. The third-order valence-electron chi connectivity index (χ3n) is 1.11. The van der Waals surface area contributed by atoms with Crippen LogP contribution < -0.4 is 0 Å². The smallest absolute Gasteiger partial charge is 0.460 e. The highest BCUT2D eigenvalue weighted by Gasteiger charge is 2.82. The zero-order valence-corrected chi connectivity index (χ0v) is 7.51. The van der Waals surface area contributed by atoms with Crippen molar-refractivity contribution in [3.8, 4) is 0 Å². The van der Waals surface area contributed by atoms with Gasteiger partial charge in [0, 0.05) is 0 Å². The van der Waals surface area contributed by atoms with Crippen molar-refractivity contribution < 1.29 is 49.0 Å². The first-order valence-electron chi connectivity index (χ1n) is 3.31. The number of halogens is 10. The topological polar surface area (TPSA) is 20.2 Å². The fraction of sp³-hybridized carbons (Fsp3) is 0.667. The molecule has 17 heavy (non-hydrogen) atoms. The Morgan fingerprint density at radius 3 is 0.824 bits per heavy atom. The number of hydrogen-bond donors (Lipinski definition) is 1. The van der Waals surface area contributed by atoms with Gasteiger partial charge in [0.25, 0.3) is 0 Å². The Kier molecular flexibility index (Phi) is 5.36. The maximum absolute atomic E-state index is 11.6. The lowest BCUT2D eigenvalue weighted by atomic mass is 10.1. The van der Waals surface area contributed by atoms with E-state index >= 15 is 0 Å². The maximum atomic E-state index is 11.6. The Hall–Kier alpha value is -1.16. The van der Waals surface area contributed by atoms with Gasteiger partial charge in [-0.1, -0.05) is 6.58 Å². The standard InChI is InChI=1S/C4F10.C2H4O/c5-1(6,3(9,10)11)2(7,8)4(12,13)14;1-2-3/h;2-3H,1H2. The number of hydrogen-bond acceptors (Lipinski definition) is 1. The van der Waals surface area contributed by atoms with Crippen molar-refractivity contribution in [2.75, 3.05) is 0 Å². The van der Waals surface area contributed by atoms with E-state index in [1.165, 1.54) is 0 Å². The maximum Gasteiger partial charge on any atom is 0.460 e. The highest BCUT2D eigenvalue weighted by atomic mass is 19.4. The average Bonchev–Trinajstić information content (AvgIpc) is 2.00. The predicted molar refractivity (Wildman–Crippen MR) is 34.8 cm³/mol. The molecular weight excluding hydrogens is 278 g/mol. The molecule has 0 unspecified atom stereocenters. The van der Waals surface area contributed by atoms with E-state index < -0.39 is 24.2 Å². The van der Waals surface area contributed by atoms with Crippen LogP contribution in [0.25, 0.3) is 0 Å². The quantitative estimate of drug-likeness (QED) is 0.567. The number of rotatable bonds is 1. The molecule has 0 amide bonds. The van der Waals surface area contributed by atoms with Gasteiger partial charge < -0.3 is 5.11 Å². The molecule has 0 aromatic heterocycles. The van der Waals surface area contributed by atoms with Crippen LogP contribution in [0.4, 0.5) is 43.9 Å². The Morgan fingerprint density at radius 2 is 0.765 bits per heavy atom. The molecule has 0 bridgehead atoms. The summed E-state index contributed by atoms with van der Waals surface area (Å²) in [4.78, 5) is 0. The monoisotopic (exact) mass is 282 g/mol. The molecule has 0 aliphatic rings. The van der Waals surface area contributed by atoms with E-state index in [-0.39, 0.29) is 0 Å². The summed E-state index contributed by atoms with van der Waals surface area (Å²) < 4.78 is 113. The van der Waals surface area contributed by atoms with Crippen molar-refractivity contribution in [3.63, 3.8) is 0 Å². The zero-order valence-electron chi connectivity index (χ0n) is 7.51. The highest BCUT2D eigenvalue weighted by molar-refractivity contribution is 4.95. The highest BCUT2D eigenvalue weighted by Crippen LogP contribution is 2.53. The fourth-order valence-corrected chi connectivity index (χ4v) is 0.356. The summed E-state index contributed by atoms with van der Waals surface area (Å²) in [5, 5.41) is 7.33. The molecule has 1 N–H and O–H groups in total. The molecule has 0 aromatic rings. The molecule has 0 fully saturated rings. The van der Waals surface area contributed by atoms with E-state index in [2.05, 4.69) is 6.58 Å². The van der Waals surface area contributed by atoms with E-state index in [0.717, 1.165) is 6.26 Å². The molecule has 0 rings (SSSR count). The van der Waals surface area contributed by atoms with E-state index in [9.17, 15) is 43.9 Å². The van der Waals surface area contributed by atoms with Crippen LogP contribution in [0.1, 0.15) is 0 Å². The number of aliphatic hydroxyl groups is 1. The summed E-state index contributed by atoms with van der Waals surface area (Å²) in [5.41, 5.74) is 0. The molecule has 0 aliphatic carbocycles. The molecule has 0 heterocycles. The normalized spacial score (nSPS) is 13.8. The third-order valence-corrected chi connectivity index (χ3v) is 1.11. The average molecular weight is 282 g/mol. The first kappa shape index (κ1) is 18.2. The fourth-order valence-electron chi connectivity index (χ4n) is 0.356. The lowest BCUT2D eigenvalue weighted by molar-refractivity contribution is -0.419. The van der Waals surface area contributed by atoms with Gasteiger partial charge in [0.2, 0.25) is 0 Å². The molecule has 104 valence electrons. The van der Waals surface area contributed by atoms with Crippen LogP contribution in [0.15, 0.2) is 12.8 Å². The largest absolute Gasteiger partial charge is 0.516 e. The molecule has 0 aromatic carbocycles. The molecule has 0 saturated heterocycles. The SMILES string of the molecule is C=CO.FC(F)(F)C(F)(F)C(F)(F)C(F)(F)F. The molecule has 0 radical (unpaired) electrons. The van der Waals surface area contributed by atoms with Gasteiger partial charge in [-0.25, -0.2) is 0 Å². The molecule has 0 atom stereocenters. The summed E-state index contributed by atoms with van der Waals surface area (Å²) in [6.45, 7) is 2.92. The Balaban J connectivity index is 0. The summed E-state index contributed by atoms with van der Waals surface area (Å²) in [6.07, 6.45) is -13.2. The van der Waals surface area contributed by atoms with Crippen molar-refractivity contribution in [1.82, 2.24) is 0 Å². The second-order valence-electron chi connectivity index (χ2n) is 2.33. The predicted octanol–water partition coefficient (Wildman–Crippen LogP) is 4.07. The minimum Gasteiger partial charge on any atom is -0.516 e. The summed E-state index contributed by atoms with van der Waals surface area (Å²) in [5.74, 6) is -14.3. The minimum atomic E-state index is -7.14. The van der Waals surface area contributed by atoms with Crippen LogP contribution >= 0.6 is 0 Å². The molecule has 11 heteroatoms. The van der Waals surface area contributed by atoms with Crippen LogP contribution in [0.2, 0.25) is 0 Å². The molecule has 1 nitrogen and oxygen atoms in total. The lowest BCUT2D eigenvalue weighted by Gasteiger charge is -2.29. The van der Waals surface area contributed by atoms with E-state index in [1.54, 1.807) is 0 Å².